The number of furan rings is 1. The van der Waals surface area contributed by atoms with Crippen LogP contribution in [-0.2, 0) is 20.9 Å². The van der Waals surface area contributed by atoms with Crippen LogP contribution >= 0.6 is 0 Å². The van der Waals surface area contributed by atoms with Crippen molar-refractivity contribution < 1.29 is 33.0 Å². The average molecular weight is 332 g/mol. The van der Waals surface area contributed by atoms with E-state index in [0.29, 0.717) is 28.6 Å². The fraction of sp³-hybridized carbons (Fsp3) is 0.294. The highest BCUT2D eigenvalue weighted by Gasteiger charge is 2.29. The maximum absolute atomic E-state index is 12.1. The Balaban J connectivity index is 1.59. The van der Waals surface area contributed by atoms with Crippen LogP contribution in [-0.4, -0.2) is 31.8 Å². The first-order chi connectivity index (χ1) is 11.6. The Bertz CT molecular complexity index is 762. The molecule has 1 aromatic heterocycles. The fourth-order valence-corrected chi connectivity index (χ4v) is 2.30. The smallest absolute Gasteiger partial charge is 0.351 e. The number of ether oxygens (including phenoxy) is 4. The summed E-state index contributed by atoms with van der Waals surface area (Å²) in [6.07, 6.45) is -0.851. The second-order valence-electron chi connectivity index (χ2n) is 5.15. The van der Waals surface area contributed by atoms with Crippen LogP contribution in [0.4, 0.5) is 0 Å². The largest absolute Gasteiger partial charge is 0.485 e. The van der Waals surface area contributed by atoms with Crippen LogP contribution in [0.15, 0.2) is 34.7 Å². The summed E-state index contributed by atoms with van der Waals surface area (Å²) in [5.74, 6) is 0.753. The third kappa shape index (κ3) is 3.19. The van der Waals surface area contributed by atoms with Gasteiger partial charge < -0.3 is 23.4 Å². The molecule has 3 rings (SSSR count). The van der Waals surface area contributed by atoms with E-state index < -0.39 is 18.0 Å². The third-order valence-electron chi connectivity index (χ3n) is 3.50. The van der Waals surface area contributed by atoms with Crippen LogP contribution in [0.3, 0.4) is 0 Å². The van der Waals surface area contributed by atoms with Crippen LogP contribution in [0.1, 0.15) is 21.9 Å². The fourth-order valence-electron chi connectivity index (χ4n) is 2.30. The number of benzene rings is 1. The van der Waals surface area contributed by atoms with E-state index >= 15 is 0 Å². The van der Waals surface area contributed by atoms with Crippen LogP contribution in [0.5, 0.6) is 11.5 Å². The molecule has 0 N–H and O–H groups in total. The molecule has 2 heterocycles. The van der Waals surface area contributed by atoms with Crippen LogP contribution < -0.4 is 9.47 Å². The molecule has 0 amide bonds. The third-order valence-corrected chi connectivity index (χ3v) is 3.50. The number of hydrogen-bond donors (Lipinski definition) is 0. The molecule has 0 aliphatic carbocycles. The molecule has 0 saturated carbocycles. The van der Waals surface area contributed by atoms with Gasteiger partial charge in [-0.25, -0.2) is 9.59 Å². The predicted molar refractivity (Wildman–Crippen MR) is 80.9 cm³/mol. The van der Waals surface area contributed by atoms with Crippen LogP contribution in [0, 0.1) is 6.92 Å². The summed E-state index contributed by atoms with van der Waals surface area (Å²) in [6.45, 7) is 1.59. The number of carbonyl (C=O) groups is 2. The number of aryl methyl sites for hydroxylation is 1. The van der Waals surface area contributed by atoms with E-state index in [4.69, 9.17) is 18.6 Å². The number of hydrogen-bond acceptors (Lipinski definition) is 7. The average Bonchev–Trinajstić information content (AvgIpc) is 2.99. The number of methoxy groups -OCH3 is 1. The Kier molecular flexibility index (Phi) is 4.41. The lowest BCUT2D eigenvalue weighted by Crippen LogP contribution is -2.37. The van der Waals surface area contributed by atoms with Gasteiger partial charge in [-0.05, 0) is 25.1 Å². The quantitative estimate of drug-likeness (QED) is 0.794. The molecule has 0 radical (unpaired) electrons. The van der Waals surface area contributed by atoms with Gasteiger partial charge in [-0.1, -0.05) is 12.1 Å². The van der Waals surface area contributed by atoms with Gasteiger partial charge in [0.1, 0.15) is 30.3 Å². The van der Waals surface area contributed by atoms with Gasteiger partial charge in [0.15, 0.2) is 11.5 Å². The molecule has 0 bridgehead atoms. The zero-order valence-electron chi connectivity index (χ0n) is 13.2. The van der Waals surface area contributed by atoms with E-state index in [-0.39, 0.29) is 13.2 Å². The molecule has 0 unspecified atom stereocenters. The molecule has 1 aromatic carbocycles. The van der Waals surface area contributed by atoms with Crippen LogP contribution in [0.25, 0.3) is 0 Å². The lowest BCUT2D eigenvalue weighted by molar-refractivity contribution is -0.156. The summed E-state index contributed by atoms with van der Waals surface area (Å²) in [7, 11) is 1.28. The molecular weight excluding hydrogens is 316 g/mol. The van der Waals surface area contributed by atoms with Crippen molar-refractivity contribution in [2.75, 3.05) is 13.7 Å². The summed E-state index contributed by atoms with van der Waals surface area (Å²) >= 11 is 0. The van der Waals surface area contributed by atoms with E-state index in [1.807, 2.05) is 6.07 Å². The predicted octanol–water partition coefficient (Wildman–Crippen LogP) is 2.26. The van der Waals surface area contributed by atoms with Gasteiger partial charge in [0.05, 0.1) is 7.11 Å². The van der Waals surface area contributed by atoms with Crippen molar-refractivity contribution in [2.24, 2.45) is 0 Å². The molecule has 7 nitrogen and oxygen atoms in total. The molecule has 126 valence electrons. The first-order valence-electron chi connectivity index (χ1n) is 7.31. The van der Waals surface area contributed by atoms with Crippen LogP contribution in [0.2, 0.25) is 0 Å². The summed E-state index contributed by atoms with van der Waals surface area (Å²) in [6, 6.07) is 8.57. The lowest BCUT2D eigenvalue weighted by atomic mass is 10.2. The number of para-hydroxylation sites is 2. The van der Waals surface area contributed by atoms with Gasteiger partial charge in [0.2, 0.25) is 6.10 Å². The van der Waals surface area contributed by atoms with Gasteiger partial charge >= 0.3 is 11.9 Å². The Labute approximate surface area is 138 Å². The summed E-state index contributed by atoms with van der Waals surface area (Å²) in [5.41, 5.74) is 0.301. The van der Waals surface area contributed by atoms with E-state index in [1.54, 1.807) is 25.1 Å². The topological polar surface area (TPSA) is 84.2 Å². The minimum atomic E-state index is -0.851. The van der Waals surface area contributed by atoms with Crippen molar-refractivity contribution >= 4 is 11.9 Å². The highest BCUT2D eigenvalue weighted by Crippen LogP contribution is 2.31. The van der Waals surface area contributed by atoms with Crippen molar-refractivity contribution in [3.8, 4) is 11.5 Å². The lowest BCUT2D eigenvalue weighted by Gasteiger charge is -2.24. The Hall–Kier alpha value is -2.96. The minimum absolute atomic E-state index is 0.0699. The SMILES string of the molecule is COC(=O)c1cc(COC(=O)[C@H]2COc3ccccc3O2)oc1C. The molecule has 1 atom stereocenters. The number of rotatable bonds is 4. The molecule has 1 aliphatic heterocycles. The molecule has 2 aromatic rings. The van der Waals surface area contributed by atoms with Crippen molar-refractivity contribution in [1.82, 2.24) is 0 Å². The van der Waals surface area contributed by atoms with Crippen molar-refractivity contribution in [2.45, 2.75) is 19.6 Å². The Morgan fingerprint density at radius 2 is 2.00 bits per heavy atom. The zero-order chi connectivity index (χ0) is 17.1. The van der Waals surface area contributed by atoms with E-state index in [1.165, 1.54) is 13.2 Å². The zero-order valence-corrected chi connectivity index (χ0v) is 13.2. The maximum Gasteiger partial charge on any atom is 0.351 e. The molecular formula is C17H16O7. The molecule has 24 heavy (non-hydrogen) atoms. The second kappa shape index (κ2) is 6.66. The Morgan fingerprint density at radius 3 is 2.75 bits per heavy atom. The van der Waals surface area contributed by atoms with Crippen molar-refractivity contribution in [3.05, 3.63) is 47.4 Å². The number of carbonyl (C=O) groups excluding carboxylic acids is 2. The van der Waals surface area contributed by atoms with E-state index in [0.717, 1.165) is 0 Å². The standard InChI is InChI=1S/C17H16O7/c1-10-12(16(18)20-2)7-11(23-10)8-22-17(19)15-9-21-13-5-3-4-6-14(13)24-15/h3-7,15H,8-9H2,1-2H3/t15-/m1/s1. The van der Waals surface area contributed by atoms with Gasteiger partial charge in [-0.3, -0.25) is 0 Å². The molecule has 0 spiro atoms. The molecule has 7 heteroatoms. The number of esters is 2. The number of fused-ring (bicyclic) bond motifs is 1. The first kappa shape index (κ1) is 15.9. The monoisotopic (exact) mass is 332 g/mol. The van der Waals surface area contributed by atoms with Gasteiger partial charge in [-0.2, -0.15) is 0 Å². The molecule has 0 saturated heterocycles. The molecule has 0 fully saturated rings. The first-order valence-corrected chi connectivity index (χ1v) is 7.31. The minimum Gasteiger partial charge on any atom is -0.485 e. The second-order valence-corrected chi connectivity index (χ2v) is 5.15. The van der Waals surface area contributed by atoms with Gasteiger partial charge in [-0.15, -0.1) is 0 Å². The summed E-state index contributed by atoms with van der Waals surface area (Å²) < 4.78 is 26.2. The highest BCUT2D eigenvalue weighted by atomic mass is 16.6. The van der Waals surface area contributed by atoms with Crippen molar-refractivity contribution in [3.63, 3.8) is 0 Å². The van der Waals surface area contributed by atoms with E-state index in [2.05, 4.69) is 4.74 Å². The summed E-state index contributed by atoms with van der Waals surface area (Å²) in [5, 5.41) is 0. The normalized spacial score (nSPS) is 15.7. The van der Waals surface area contributed by atoms with Gasteiger partial charge in [0.25, 0.3) is 0 Å². The van der Waals surface area contributed by atoms with Gasteiger partial charge in [0, 0.05) is 0 Å². The highest BCUT2D eigenvalue weighted by molar-refractivity contribution is 5.90. The van der Waals surface area contributed by atoms with E-state index in [9.17, 15) is 9.59 Å². The van der Waals surface area contributed by atoms with Crippen molar-refractivity contribution in [1.29, 1.82) is 0 Å². The summed E-state index contributed by atoms with van der Waals surface area (Å²) in [4.78, 5) is 23.6. The Morgan fingerprint density at radius 1 is 1.25 bits per heavy atom. The molecule has 1 aliphatic rings. The maximum atomic E-state index is 12.1.